The van der Waals surface area contributed by atoms with Gasteiger partial charge in [0.25, 0.3) is 0 Å². The predicted molar refractivity (Wildman–Crippen MR) is 94.5 cm³/mol. The highest BCUT2D eigenvalue weighted by molar-refractivity contribution is 5.94. The molecule has 128 valence electrons. The van der Waals surface area contributed by atoms with Crippen molar-refractivity contribution < 1.29 is 9.53 Å². The van der Waals surface area contributed by atoms with Gasteiger partial charge in [-0.2, -0.15) is 5.10 Å². The van der Waals surface area contributed by atoms with Gasteiger partial charge in [0.05, 0.1) is 17.8 Å². The molecular formula is C19H25N3O2. The number of benzene rings is 1. The summed E-state index contributed by atoms with van der Waals surface area (Å²) in [6.07, 6.45) is 2.46. The van der Waals surface area contributed by atoms with Gasteiger partial charge in [-0.25, -0.2) is 4.68 Å². The average molecular weight is 327 g/mol. The van der Waals surface area contributed by atoms with Crippen LogP contribution in [0.3, 0.4) is 0 Å². The molecule has 1 aromatic carbocycles. The van der Waals surface area contributed by atoms with Crippen LogP contribution in [0.15, 0.2) is 30.5 Å². The number of rotatable bonds is 3. The van der Waals surface area contributed by atoms with Crippen LogP contribution in [0.5, 0.6) is 5.75 Å². The maximum absolute atomic E-state index is 12.2. The molecule has 1 aliphatic heterocycles. The Morgan fingerprint density at radius 2 is 1.92 bits per heavy atom. The Morgan fingerprint density at radius 1 is 1.25 bits per heavy atom. The number of hydrogen-bond acceptors (Lipinski definition) is 3. The Bertz CT molecular complexity index is 739. The van der Waals surface area contributed by atoms with Crippen molar-refractivity contribution in [2.24, 2.45) is 0 Å². The molecule has 3 rings (SSSR count). The molecule has 0 radical (unpaired) electrons. The van der Waals surface area contributed by atoms with E-state index in [1.807, 2.05) is 49.0 Å². The molecule has 1 atom stereocenters. The average Bonchev–Trinajstić information content (AvgIpc) is 2.90. The summed E-state index contributed by atoms with van der Waals surface area (Å²) < 4.78 is 7.59. The van der Waals surface area contributed by atoms with Gasteiger partial charge in [-0.3, -0.25) is 4.79 Å². The molecule has 1 aromatic heterocycles. The van der Waals surface area contributed by atoms with Gasteiger partial charge in [0, 0.05) is 17.9 Å². The number of fused-ring (bicyclic) bond motifs is 1. The Kier molecular flexibility index (Phi) is 4.11. The molecule has 0 unspecified atom stereocenters. The Hall–Kier alpha value is -2.30. The molecule has 1 amide bonds. The van der Waals surface area contributed by atoms with Gasteiger partial charge in [0.1, 0.15) is 11.6 Å². The third-order valence-corrected chi connectivity index (χ3v) is 4.11. The molecule has 0 saturated carbocycles. The van der Waals surface area contributed by atoms with E-state index < -0.39 is 0 Å². The van der Waals surface area contributed by atoms with E-state index >= 15 is 0 Å². The number of carbonyl (C=O) groups excluding carboxylic acids is 1. The summed E-state index contributed by atoms with van der Waals surface area (Å²) in [5.74, 6) is 1.71. The molecule has 2 heterocycles. The highest BCUT2D eigenvalue weighted by Gasteiger charge is 2.32. The minimum absolute atomic E-state index is 0.0259. The van der Waals surface area contributed by atoms with Crippen LogP contribution >= 0.6 is 0 Å². The topological polar surface area (TPSA) is 56.1 Å². The van der Waals surface area contributed by atoms with Gasteiger partial charge in [-0.1, -0.05) is 12.1 Å². The summed E-state index contributed by atoms with van der Waals surface area (Å²) in [7, 11) is 0. The fourth-order valence-electron chi connectivity index (χ4n) is 3.08. The maximum atomic E-state index is 12.2. The first-order valence-electron chi connectivity index (χ1n) is 8.40. The Morgan fingerprint density at radius 3 is 2.50 bits per heavy atom. The molecule has 2 aromatic rings. The number of aromatic nitrogens is 2. The van der Waals surface area contributed by atoms with Crippen molar-refractivity contribution in [2.75, 3.05) is 5.32 Å². The summed E-state index contributed by atoms with van der Waals surface area (Å²) in [6.45, 7) is 10.2. The van der Waals surface area contributed by atoms with Crippen LogP contribution in [-0.2, 0) is 10.3 Å². The molecule has 5 heteroatoms. The third kappa shape index (κ3) is 3.16. The zero-order valence-corrected chi connectivity index (χ0v) is 15.0. The highest BCUT2D eigenvalue weighted by Crippen LogP contribution is 2.39. The zero-order chi connectivity index (χ0) is 17.5. The number of carbonyl (C=O) groups is 1. The monoisotopic (exact) mass is 327 g/mol. The molecule has 24 heavy (non-hydrogen) atoms. The predicted octanol–water partition coefficient (Wildman–Crippen LogP) is 3.90. The second-order valence-electron chi connectivity index (χ2n) is 7.57. The van der Waals surface area contributed by atoms with E-state index in [0.29, 0.717) is 6.42 Å². The normalized spacial score (nSPS) is 17.6. The lowest BCUT2D eigenvalue weighted by atomic mass is 9.87. The summed E-state index contributed by atoms with van der Waals surface area (Å²) in [4.78, 5) is 12.2. The van der Waals surface area contributed by atoms with E-state index in [4.69, 9.17) is 4.74 Å². The van der Waals surface area contributed by atoms with Gasteiger partial charge in [-0.05, 0) is 52.3 Å². The van der Waals surface area contributed by atoms with Crippen molar-refractivity contribution in [3.05, 3.63) is 41.6 Å². The zero-order valence-electron chi connectivity index (χ0n) is 15.0. The first-order chi connectivity index (χ1) is 11.3. The van der Waals surface area contributed by atoms with E-state index in [1.54, 1.807) is 0 Å². The molecule has 0 saturated heterocycles. The smallest absolute Gasteiger partial charge is 0.226 e. The fourth-order valence-corrected chi connectivity index (χ4v) is 3.08. The van der Waals surface area contributed by atoms with Crippen LogP contribution in [0, 0.1) is 0 Å². The summed E-state index contributed by atoms with van der Waals surface area (Å²) >= 11 is 0. The summed E-state index contributed by atoms with van der Waals surface area (Å²) in [5.41, 5.74) is 2.00. The molecule has 0 bridgehead atoms. The van der Waals surface area contributed by atoms with E-state index in [1.165, 1.54) is 0 Å². The van der Waals surface area contributed by atoms with E-state index in [-0.39, 0.29) is 23.5 Å². The van der Waals surface area contributed by atoms with Crippen molar-refractivity contribution in [2.45, 2.75) is 58.6 Å². The van der Waals surface area contributed by atoms with Crippen LogP contribution in [-0.4, -0.2) is 21.8 Å². The van der Waals surface area contributed by atoms with Crippen molar-refractivity contribution in [3.63, 3.8) is 0 Å². The summed E-state index contributed by atoms with van der Waals surface area (Å²) in [6, 6.07) is 8.02. The standard InChI is InChI=1S/C19H25N3O2/c1-12(2)24-14-8-6-13(7-9-14)15-10-17(23)21-18-16(15)11-20-22(18)19(3,4)5/h6-9,11-12,15H,10H2,1-5H3,(H,21,23)/t15-/m0/s1. The number of nitrogens with zero attached hydrogens (tertiary/aromatic N) is 2. The molecule has 5 nitrogen and oxygen atoms in total. The lowest BCUT2D eigenvalue weighted by Gasteiger charge is -2.28. The van der Waals surface area contributed by atoms with Crippen LogP contribution in [0.4, 0.5) is 5.82 Å². The summed E-state index contributed by atoms with van der Waals surface area (Å²) in [5, 5.41) is 7.50. The van der Waals surface area contributed by atoms with E-state index in [9.17, 15) is 4.79 Å². The Balaban J connectivity index is 1.96. The number of anilines is 1. The second kappa shape index (κ2) is 5.96. The van der Waals surface area contributed by atoms with Crippen LogP contribution < -0.4 is 10.1 Å². The molecule has 0 spiro atoms. The molecular weight excluding hydrogens is 302 g/mol. The van der Waals surface area contributed by atoms with Crippen LogP contribution in [0.2, 0.25) is 0 Å². The molecule has 0 aliphatic carbocycles. The van der Waals surface area contributed by atoms with Gasteiger partial charge >= 0.3 is 0 Å². The number of nitrogens with one attached hydrogen (secondary N) is 1. The molecule has 0 fully saturated rings. The van der Waals surface area contributed by atoms with Gasteiger partial charge in [-0.15, -0.1) is 0 Å². The van der Waals surface area contributed by atoms with Crippen molar-refractivity contribution >= 4 is 11.7 Å². The third-order valence-electron chi connectivity index (χ3n) is 4.11. The Labute approximate surface area is 143 Å². The SMILES string of the molecule is CC(C)Oc1ccc([C@@H]2CC(=O)Nc3c2cnn3C(C)(C)C)cc1. The van der Waals surface area contributed by atoms with Crippen molar-refractivity contribution in [1.82, 2.24) is 9.78 Å². The van der Waals surface area contributed by atoms with Gasteiger partial charge in [0.15, 0.2) is 0 Å². The number of hydrogen-bond donors (Lipinski definition) is 1. The number of amides is 1. The van der Waals surface area contributed by atoms with Crippen LogP contribution in [0.1, 0.15) is 58.1 Å². The maximum Gasteiger partial charge on any atom is 0.226 e. The molecule has 1 aliphatic rings. The lowest BCUT2D eigenvalue weighted by molar-refractivity contribution is -0.116. The van der Waals surface area contributed by atoms with Crippen molar-refractivity contribution in [1.29, 1.82) is 0 Å². The second-order valence-corrected chi connectivity index (χ2v) is 7.57. The fraction of sp³-hybridized carbons (Fsp3) is 0.474. The first-order valence-corrected chi connectivity index (χ1v) is 8.40. The minimum atomic E-state index is -0.183. The molecule has 1 N–H and O–H groups in total. The lowest BCUT2D eigenvalue weighted by Crippen LogP contribution is -2.30. The highest BCUT2D eigenvalue weighted by atomic mass is 16.5. The van der Waals surface area contributed by atoms with Gasteiger partial charge < -0.3 is 10.1 Å². The van der Waals surface area contributed by atoms with E-state index in [2.05, 4.69) is 31.2 Å². The van der Waals surface area contributed by atoms with Gasteiger partial charge in [0.2, 0.25) is 5.91 Å². The largest absolute Gasteiger partial charge is 0.491 e. The van der Waals surface area contributed by atoms with Crippen molar-refractivity contribution in [3.8, 4) is 5.75 Å². The minimum Gasteiger partial charge on any atom is -0.491 e. The van der Waals surface area contributed by atoms with E-state index in [0.717, 1.165) is 22.7 Å². The van der Waals surface area contributed by atoms with Crippen LogP contribution in [0.25, 0.3) is 0 Å². The number of ether oxygens (including phenoxy) is 1. The quantitative estimate of drug-likeness (QED) is 0.930. The first kappa shape index (κ1) is 16.6.